The maximum absolute atomic E-state index is 14.2. The van der Waals surface area contributed by atoms with Crippen molar-refractivity contribution in [1.82, 2.24) is 14.9 Å². The van der Waals surface area contributed by atoms with Crippen molar-refractivity contribution in [3.05, 3.63) is 90.0 Å². The summed E-state index contributed by atoms with van der Waals surface area (Å²) in [6, 6.07) is 19.2. The van der Waals surface area contributed by atoms with Crippen LogP contribution in [0.5, 0.6) is 11.5 Å². The number of sulfonamides is 1. The molecule has 1 unspecified atom stereocenters. The zero-order valence-electron chi connectivity index (χ0n) is 38.5. The molecule has 20 heteroatoms. The second-order valence-electron chi connectivity index (χ2n) is 16.9. The Balaban J connectivity index is 1.32. The number of esters is 2. The number of para-hydroxylation sites is 1. The van der Waals surface area contributed by atoms with E-state index in [2.05, 4.69) is 10.6 Å². The van der Waals surface area contributed by atoms with Gasteiger partial charge in [-0.15, -0.1) is 0 Å². The molecule has 5 rings (SSSR count). The SMILES string of the molecule is CCOC(=O)[C@H](C)OP(=O)(COc1ccc(C[C@H](NC(=O)O[C@H]2CO[C@H]3OCC[C@H]32)[C@H](O)CN(CC(C)C)S(=O)(=O)c2ccc(COC(=O)[C@@H](NC)C(C)C)cc2)cc1)Oc1ccccc1. The fourth-order valence-corrected chi connectivity index (χ4v) is 10.5. The summed E-state index contributed by atoms with van der Waals surface area (Å²) < 4.78 is 88.2. The van der Waals surface area contributed by atoms with Crippen LogP contribution in [0.1, 0.15) is 59.1 Å². The number of benzene rings is 3. The van der Waals surface area contributed by atoms with Crippen molar-refractivity contribution >= 4 is 35.7 Å². The first kappa shape index (κ1) is 52.4. The van der Waals surface area contributed by atoms with Crippen molar-refractivity contribution in [1.29, 1.82) is 0 Å². The number of alkyl carbamates (subject to hydrolysis) is 1. The molecular formula is C46H64N3O15PS. The van der Waals surface area contributed by atoms with Crippen molar-refractivity contribution in [3.63, 3.8) is 0 Å². The second kappa shape index (κ2) is 24.4. The minimum atomic E-state index is -4.20. The Morgan fingerprint density at radius 2 is 1.56 bits per heavy atom. The molecule has 2 heterocycles. The summed E-state index contributed by atoms with van der Waals surface area (Å²) in [5, 5.41) is 17.6. The predicted octanol–water partition coefficient (Wildman–Crippen LogP) is 5.66. The molecule has 3 aromatic carbocycles. The van der Waals surface area contributed by atoms with Crippen molar-refractivity contribution < 1.29 is 69.9 Å². The van der Waals surface area contributed by atoms with Crippen molar-refractivity contribution in [2.75, 3.05) is 46.3 Å². The summed E-state index contributed by atoms with van der Waals surface area (Å²) in [5.74, 6) is -0.927. The highest BCUT2D eigenvalue weighted by Crippen LogP contribution is 2.49. The number of carbonyl (C=O) groups is 3. The van der Waals surface area contributed by atoms with Gasteiger partial charge in [-0.25, -0.2) is 22.6 Å². The highest BCUT2D eigenvalue weighted by atomic mass is 32.2. The number of rotatable bonds is 25. The summed E-state index contributed by atoms with van der Waals surface area (Å²) in [6.45, 7) is 10.8. The second-order valence-corrected chi connectivity index (χ2v) is 20.7. The lowest BCUT2D eigenvalue weighted by Gasteiger charge is -2.31. The van der Waals surface area contributed by atoms with Gasteiger partial charge in [-0.3, -0.25) is 9.32 Å². The number of likely N-dealkylation sites (N-methyl/N-ethyl adjacent to an activating group) is 1. The molecule has 2 saturated heterocycles. The highest BCUT2D eigenvalue weighted by Gasteiger charge is 2.44. The van der Waals surface area contributed by atoms with Gasteiger partial charge in [0.25, 0.3) is 0 Å². The lowest BCUT2D eigenvalue weighted by molar-refractivity contribution is -0.151. The monoisotopic (exact) mass is 961 g/mol. The lowest BCUT2D eigenvalue weighted by atomic mass is 10.0. The van der Waals surface area contributed by atoms with Crippen LogP contribution in [-0.4, -0.2) is 119 Å². The van der Waals surface area contributed by atoms with E-state index in [1.165, 1.54) is 23.4 Å². The standard InChI is InChI=1S/C46H64N3O15PS/c1-8-57-43(51)32(6)63-65(54,64-36-12-10-9-11-13-36)29-61-35-18-14-33(15-19-35)24-39(48-46(53)62-41-28-60-45-38(41)22-23-58-45)40(50)26-49(25-30(2)3)66(55,56)37-20-16-34(17-21-37)27-59-44(52)42(47-7)31(4)5/h9-21,30-32,38-42,45,47,50H,8,22-29H2,1-7H3,(H,48,53)/t32-,38-,39-,40+,41-,42-,45+,65?/m0/s1. The lowest BCUT2D eigenvalue weighted by Crippen LogP contribution is -2.51. The molecule has 0 saturated carbocycles. The normalized spacial score (nSPS) is 19.9. The summed E-state index contributed by atoms with van der Waals surface area (Å²) in [4.78, 5) is 38.4. The molecule has 0 aliphatic carbocycles. The molecule has 3 aromatic rings. The average molecular weight is 962 g/mol. The van der Waals surface area contributed by atoms with Crippen LogP contribution >= 0.6 is 7.60 Å². The summed E-state index contributed by atoms with van der Waals surface area (Å²) in [7, 11) is -6.63. The van der Waals surface area contributed by atoms with Gasteiger partial charge in [0, 0.05) is 13.1 Å². The number of ether oxygens (including phenoxy) is 6. The van der Waals surface area contributed by atoms with Crippen LogP contribution < -0.4 is 19.9 Å². The number of nitrogens with zero attached hydrogens (tertiary/aromatic N) is 1. The van der Waals surface area contributed by atoms with Gasteiger partial charge in [0.05, 0.1) is 42.8 Å². The number of aliphatic hydroxyl groups is 1. The van der Waals surface area contributed by atoms with Crippen LogP contribution in [0.2, 0.25) is 0 Å². The fourth-order valence-electron chi connectivity index (χ4n) is 7.43. The zero-order chi connectivity index (χ0) is 48.0. The summed E-state index contributed by atoms with van der Waals surface area (Å²) in [6.07, 6.45) is -4.43. The average Bonchev–Trinajstić information content (AvgIpc) is 3.90. The van der Waals surface area contributed by atoms with Crippen LogP contribution in [0.3, 0.4) is 0 Å². The Morgan fingerprint density at radius 3 is 2.20 bits per heavy atom. The first-order valence-corrected chi connectivity index (χ1v) is 25.3. The van der Waals surface area contributed by atoms with Crippen LogP contribution in [0.4, 0.5) is 4.79 Å². The van der Waals surface area contributed by atoms with Gasteiger partial charge in [0.15, 0.2) is 12.4 Å². The van der Waals surface area contributed by atoms with Crippen LogP contribution in [-0.2, 0) is 65.4 Å². The van der Waals surface area contributed by atoms with Gasteiger partial charge < -0.3 is 48.7 Å². The number of hydrogen-bond acceptors (Lipinski definition) is 16. The van der Waals surface area contributed by atoms with E-state index in [0.717, 1.165) is 0 Å². The molecule has 8 atom stereocenters. The molecule has 364 valence electrons. The topological polar surface area (TPSA) is 224 Å². The summed E-state index contributed by atoms with van der Waals surface area (Å²) >= 11 is 0. The third kappa shape index (κ3) is 15.0. The molecule has 2 aliphatic rings. The fraction of sp³-hybridized carbons (Fsp3) is 0.543. The third-order valence-electron chi connectivity index (χ3n) is 10.8. The first-order valence-electron chi connectivity index (χ1n) is 22.1. The van der Waals surface area contributed by atoms with Gasteiger partial charge in [-0.05, 0) is 93.1 Å². The van der Waals surface area contributed by atoms with Gasteiger partial charge in [-0.1, -0.05) is 70.2 Å². The van der Waals surface area contributed by atoms with Crippen LogP contribution in [0.25, 0.3) is 0 Å². The van der Waals surface area contributed by atoms with Crippen molar-refractivity contribution in [2.24, 2.45) is 17.8 Å². The molecule has 18 nitrogen and oxygen atoms in total. The van der Waals surface area contributed by atoms with E-state index in [1.54, 1.807) is 80.7 Å². The minimum Gasteiger partial charge on any atom is -0.480 e. The minimum absolute atomic E-state index is 0.00572. The Kier molecular flexibility index (Phi) is 19.4. The van der Waals surface area contributed by atoms with Gasteiger partial charge in [0.1, 0.15) is 30.3 Å². The Morgan fingerprint density at radius 1 is 0.879 bits per heavy atom. The predicted molar refractivity (Wildman–Crippen MR) is 242 cm³/mol. The molecule has 66 heavy (non-hydrogen) atoms. The molecular weight excluding hydrogens is 898 g/mol. The van der Waals surface area contributed by atoms with E-state index in [1.807, 2.05) is 27.7 Å². The van der Waals surface area contributed by atoms with Crippen molar-refractivity contribution in [2.45, 2.75) is 103 Å². The Bertz CT molecular complexity index is 2180. The third-order valence-corrected chi connectivity index (χ3v) is 14.3. The molecule has 2 aliphatic heterocycles. The first-order chi connectivity index (χ1) is 31.4. The highest BCUT2D eigenvalue weighted by molar-refractivity contribution is 7.89. The van der Waals surface area contributed by atoms with E-state index in [4.69, 9.17) is 37.5 Å². The van der Waals surface area contributed by atoms with E-state index in [-0.39, 0.29) is 66.9 Å². The number of aliphatic hydroxyl groups excluding tert-OH is 1. The molecule has 0 aromatic heterocycles. The molecule has 1 amide bonds. The van der Waals surface area contributed by atoms with E-state index in [0.29, 0.717) is 24.2 Å². The largest absolute Gasteiger partial charge is 0.480 e. The smallest absolute Gasteiger partial charge is 0.417 e. The van der Waals surface area contributed by atoms with Gasteiger partial charge in [0.2, 0.25) is 16.4 Å². The molecule has 3 N–H and O–H groups in total. The number of amides is 1. The molecule has 0 spiro atoms. The van der Waals surface area contributed by atoms with Crippen molar-refractivity contribution in [3.8, 4) is 11.5 Å². The molecule has 2 fully saturated rings. The maximum atomic E-state index is 14.2. The van der Waals surface area contributed by atoms with Crippen LogP contribution in [0, 0.1) is 17.8 Å². The van der Waals surface area contributed by atoms with Gasteiger partial charge >= 0.3 is 25.6 Å². The van der Waals surface area contributed by atoms with E-state index in [9.17, 15) is 32.5 Å². The number of nitrogens with one attached hydrogen (secondary N) is 2. The van der Waals surface area contributed by atoms with E-state index >= 15 is 0 Å². The summed E-state index contributed by atoms with van der Waals surface area (Å²) in [5.41, 5.74) is 1.20. The molecule has 0 radical (unpaired) electrons. The van der Waals surface area contributed by atoms with Crippen LogP contribution in [0.15, 0.2) is 83.8 Å². The zero-order valence-corrected chi connectivity index (χ0v) is 40.2. The Labute approximate surface area is 387 Å². The molecule has 0 bridgehead atoms. The number of fused-ring (bicyclic) bond motifs is 1. The number of carbonyl (C=O) groups excluding carboxylic acids is 3. The van der Waals surface area contributed by atoms with E-state index < -0.39 is 85.2 Å². The maximum Gasteiger partial charge on any atom is 0.417 e. The van der Waals surface area contributed by atoms with Gasteiger partial charge in [-0.2, -0.15) is 4.31 Å². The quantitative estimate of drug-likeness (QED) is 0.0530. The number of hydrogen-bond donors (Lipinski definition) is 3. The Hall–Kier alpha value is -4.59.